The molecule has 0 aromatic heterocycles. The highest BCUT2D eigenvalue weighted by Crippen LogP contribution is 2.68. The van der Waals surface area contributed by atoms with Crippen LogP contribution in [0.5, 0.6) is 0 Å². The maximum absolute atomic E-state index is 10.9. The molecule has 2 aliphatic carbocycles. The first kappa shape index (κ1) is 9.49. The monoisotopic (exact) mass is 198 g/mol. The van der Waals surface area contributed by atoms with Crippen molar-refractivity contribution in [2.45, 2.75) is 26.2 Å². The first-order valence-electron chi connectivity index (χ1n) is 4.94. The first-order chi connectivity index (χ1) is 6.49. The number of hydrogen-bond donors (Lipinski definition) is 2. The van der Waals surface area contributed by atoms with Crippen molar-refractivity contribution in [2.75, 3.05) is 0 Å². The fourth-order valence-electron chi connectivity index (χ4n) is 3.20. The molecular formula is C10H14O4. The predicted octanol–water partition coefficient (Wildman–Crippen LogP) is 1.21. The molecule has 4 nitrogen and oxygen atoms in total. The molecule has 1 spiro atoms. The zero-order chi connectivity index (χ0) is 10.5. The van der Waals surface area contributed by atoms with E-state index in [-0.39, 0.29) is 0 Å². The second-order valence-electron chi connectivity index (χ2n) is 4.71. The van der Waals surface area contributed by atoms with Gasteiger partial charge in [-0.05, 0) is 24.2 Å². The van der Waals surface area contributed by atoms with Crippen LogP contribution in [0.3, 0.4) is 0 Å². The van der Waals surface area contributed by atoms with Crippen molar-refractivity contribution in [1.29, 1.82) is 0 Å². The smallest absolute Gasteiger partial charge is 0.307 e. The minimum atomic E-state index is -0.938. The Morgan fingerprint density at radius 2 is 1.71 bits per heavy atom. The zero-order valence-electron chi connectivity index (χ0n) is 8.06. The molecule has 1 unspecified atom stereocenters. The van der Waals surface area contributed by atoms with Gasteiger partial charge < -0.3 is 10.2 Å². The van der Waals surface area contributed by atoms with Gasteiger partial charge in [-0.25, -0.2) is 0 Å². The van der Waals surface area contributed by atoms with E-state index >= 15 is 0 Å². The van der Waals surface area contributed by atoms with Crippen molar-refractivity contribution < 1.29 is 19.8 Å². The lowest BCUT2D eigenvalue weighted by Gasteiger charge is -2.06. The van der Waals surface area contributed by atoms with Crippen molar-refractivity contribution in [1.82, 2.24) is 0 Å². The normalized spacial score (nSPS) is 45.4. The van der Waals surface area contributed by atoms with Gasteiger partial charge in [0.25, 0.3) is 0 Å². The standard InChI is InChI=1S/C10H14O4/c1-5-2-3-10(4-5)6(8(11)12)7(10)9(13)14/h5-7H,2-4H2,1H3,(H,11,12)(H,13,14)/t5?,6-,7-/m0/s1. The average Bonchev–Trinajstić information content (AvgIpc) is 2.55. The van der Waals surface area contributed by atoms with E-state index in [4.69, 9.17) is 10.2 Å². The maximum atomic E-state index is 10.9. The summed E-state index contributed by atoms with van der Waals surface area (Å²) >= 11 is 0. The van der Waals surface area contributed by atoms with Crippen molar-refractivity contribution in [3.63, 3.8) is 0 Å². The van der Waals surface area contributed by atoms with Gasteiger partial charge in [0.15, 0.2) is 0 Å². The van der Waals surface area contributed by atoms with Crippen LogP contribution in [0.25, 0.3) is 0 Å². The van der Waals surface area contributed by atoms with Crippen LogP contribution in [0, 0.1) is 23.2 Å². The molecule has 0 heterocycles. The topological polar surface area (TPSA) is 74.6 Å². The molecule has 0 aliphatic heterocycles. The Bertz CT molecular complexity index is 276. The Morgan fingerprint density at radius 1 is 1.21 bits per heavy atom. The Labute approximate surface area is 81.9 Å². The van der Waals surface area contributed by atoms with Gasteiger partial charge in [-0.3, -0.25) is 9.59 Å². The number of carboxylic acid groups (broad SMARTS) is 2. The van der Waals surface area contributed by atoms with Crippen LogP contribution < -0.4 is 0 Å². The summed E-state index contributed by atoms with van der Waals surface area (Å²) in [5, 5.41) is 17.8. The maximum Gasteiger partial charge on any atom is 0.307 e. The zero-order valence-corrected chi connectivity index (χ0v) is 8.06. The first-order valence-corrected chi connectivity index (χ1v) is 4.94. The largest absolute Gasteiger partial charge is 0.481 e. The van der Waals surface area contributed by atoms with Gasteiger partial charge in [0.1, 0.15) is 0 Å². The van der Waals surface area contributed by atoms with E-state index < -0.39 is 29.2 Å². The lowest BCUT2D eigenvalue weighted by Crippen LogP contribution is -2.07. The molecular weight excluding hydrogens is 184 g/mol. The Balaban J connectivity index is 2.21. The average molecular weight is 198 g/mol. The molecule has 2 saturated carbocycles. The number of carboxylic acids is 2. The predicted molar refractivity (Wildman–Crippen MR) is 47.7 cm³/mol. The Kier molecular flexibility index (Phi) is 1.84. The molecule has 2 rings (SSSR count). The van der Waals surface area contributed by atoms with E-state index in [2.05, 4.69) is 6.92 Å². The van der Waals surface area contributed by atoms with Crippen molar-refractivity contribution in [3.8, 4) is 0 Å². The van der Waals surface area contributed by atoms with Crippen LogP contribution in [0.15, 0.2) is 0 Å². The van der Waals surface area contributed by atoms with E-state index in [0.717, 1.165) is 19.3 Å². The third-order valence-electron chi connectivity index (χ3n) is 3.83. The summed E-state index contributed by atoms with van der Waals surface area (Å²) in [6, 6.07) is 0. The van der Waals surface area contributed by atoms with Gasteiger partial charge >= 0.3 is 11.9 Å². The summed E-state index contributed by atoms with van der Waals surface area (Å²) in [4.78, 5) is 21.8. The van der Waals surface area contributed by atoms with Crippen LogP contribution >= 0.6 is 0 Å². The van der Waals surface area contributed by atoms with Crippen molar-refractivity contribution >= 4 is 11.9 Å². The summed E-state index contributed by atoms with van der Waals surface area (Å²) in [5.41, 5.74) is -0.406. The minimum absolute atomic E-state index is 0.406. The van der Waals surface area contributed by atoms with Gasteiger partial charge in [-0.1, -0.05) is 13.3 Å². The number of hydrogen-bond acceptors (Lipinski definition) is 2. The molecule has 0 aromatic rings. The van der Waals surface area contributed by atoms with E-state index in [1.807, 2.05) is 0 Å². The van der Waals surface area contributed by atoms with Crippen LogP contribution in [-0.2, 0) is 9.59 Å². The lowest BCUT2D eigenvalue weighted by atomic mass is 9.98. The highest BCUT2D eigenvalue weighted by molar-refractivity contribution is 5.88. The fourth-order valence-corrected chi connectivity index (χ4v) is 3.20. The van der Waals surface area contributed by atoms with Gasteiger partial charge in [-0.15, -0.1) is 0 Å². The SMILES string of the molecule is CC1CCC2(C1)[C@H](C(=O)O)[C@H]2C(=O)O. The summed E-state index contributed by atoms with van der Waals surface area (Å²) in [7, 11) is 0. The molecule has 2 aliphatic rings. The van der Waals surface area contributed by atoms with Crippen molar-refractivity contribution in [2.24, 2.45) is 23.2 Å². The molecule has 2 N–H and O–H groups in total. The van der Waals surface area contributed by atoms with Crippen molar-refractivity contribution in [3.05, 3.63) is 0 Å². The Hall–Kier alpha value is -1.06. The van der Waals surface area contributed by atoms with Gasteiger partial charge in [0.05, 0.1) is 11.8 Å². The highest BCUT2D eigenvalue weighted by atomic mass is 16.4. The number of aliphatic carboxylic acids is 2. The van der Waals surface area contributed by atoms with E-state index in [9.17, 15) is 9.59 Å². The molecule has 3 atom stereocenters. The molecule has 4 heteroatoms. The third kappa shape index (κ3) is 1.06. The summed E-state index contributed by atoms with van der Waals surface area (Å²) < 4.78 is 0. The van der Waals surface area contributed by atoms with Gasteiger partial charge in [0.2, 0.25) is 0 Å². The summed E-state index contributed by atoms with van der Waals surface area (Å²) in [6.45, 7) is 2.06. The minimum Gasteiger partial charge on any atom is -0.481 e. The molecule has 0 aromatic carbocycles. The number of rotatable bonds is 2. The molecule has 0 saturated heterocycles. The quantitative estimate of drug-likeness (QED) is 0.699. The Morgan fingerprint density at radius 3 is 2.00 bits per heavy atom. The van der Waals surface area contributed by atoms with Crippen LogP contribution in [0.2, 0.25) is 0 Å². The molecule has 14 heavy (non-hydrogen) atoms. The molecule has 0 bridgehead atoms. The second-order valence-corrected chi connectivity index (χ2v) is 4.71. The van der Waals surface area contributed by atoms with E-state index in [0.29, 0.717) is 5.92 Å². The molecule has 2 fully saturated rings. The van der Waals surface area contributed by atoms with E-state index in [1.54, 1.807) is 0 Å². The van der Waals surface area contributed by atoms with Crippen LogP contribution in [-0.4, -0.2) is 22.2 Å². The molecule has 0 amide bonds. The highest BCUT2D eigenvalue weighted by Gasteiger charge is 2.72. The summed E-state index contributed by atoms with van der Waals surface area (Å²) in [5.74, 6) is -2.67. The van der Waals surface area contributed by atoms with Gasteiger partial charge in [-0.2, -0.15) is 0 Å². The second kappa shape index (κ2) is 2.72. The van der Waals surface area contributed by atoms with E-state index in [1.165, 1.54) is 0 Å². The van der Waals surface area contributed by atoms with Crippen LogP contribution in [0.4, 0.5) is 0 Å². The number of carbonyl (C=O) groups is 2. The summed E-state index contributed by atoms with van der Waals surface area (Å²) in [6.07, 6.45) is 2.50. The molecule has 78 valence electrons. The van der Waals surface area contributed by atoms with Crippen LogP contribution in [0.1, 0.15) is 26.2 Å². The van der Waals surface area contributed by atoms with Gasteiger partial charge in [0, 0.05) is 0 Å². The fraction of sp³-hybridized carbons (Fsp3) is 0.800. The molecule has 0 radical (unpaired) electrons. The lowest BCUT2D eigenvalue weighted by molar-refractivity contribution is -0.144. The third-order valence-corrected chi connectivity index (χ3v) is 3.83.